The van der Waals surface area contributed by atoms with Crippen molar-refractivity contribution >= 4 is 0 Å². The van der Waals surface area contributed by atoms with Crippen molar-refractivity contribution in [2.75, 3.05) is 20.2 Å². The standard InChI is InChI=1S/C25H27F6NO2/c1-15(17-12-18(24(26,27)28)14-19(13-17)25(29,30)31)34-23-22(16-6-4-3-5-7-16)20(9-11-33-23)21-8-10-32(21)2/h3-7,12-15,20-23H,8-11H2,1-2H3/t15-,20?,21-,22-,23-/m1/s1. The molecule has 0 spiro atoms. The number of alkyl halides is 6. The first-order valence-corrected chi connectivity index (χ1v) is 11.3. The number of benzene rings is 2. The van der Waals surface area contributed by atoms with E-state index in [0.717, 1.165) is 37.1 Å². The molecule has 9 heteroatoms. The van der Waals surface area contributed by atoms with Crippen molar-refractivity contribution in [3.8, 4) is 0 Å². The van der Waals surface area contributed by atoms with Crippen LogP contribution >= 0.6 is 0 Å². The molecule has 2 aliphatic rings. The highest BCUT2D eigenvalue weighted by Crippen LogP contribution is 2.44. The Balaban J connectivity index is 1.65. The summed E-state index contributed by atoms with van der Waals surface area (Å²) in [5, 5.41) is 0. The van der Waals surface area contributed by atoms with Gasteiger partial charge in [-0.3, -0.25) is 0 Å². The molecule has 2 aliphatic heterocycles. The van der Waals surface area contributed by atoms with Crippen molar-refractivity contribution in [3.05, 3.63) is 70.8 Å². The highest BCUT2D eigenvalue weighted by atomic mass is 19.4. The van der Waals surface area contributed by atoms with Crippen LogP contribution in [0.25, 0.3) is 0 Å². The molecule has 0 saturated carbocycles. The minimum atomic E-state index is -4.91. The van der Waals surface area contributed by atoms with Crippen LogP contribution in [-0.2, 0) is 21.8 Å². The lowest BCUT2D eigenvalue weighted by Gasteiger charge is -2.49. The van der Waals surface area contributed by atoms with Gasteiger partial charge in [-0.15, -0.1) is 0 Å². The van der Waals surface area contributed by atoms with E-state index in [4.69, 9.17) is 9.47 Å². The summed E-state index contributed by atoms with van der Waals surface area (Å²) in [5.41, 5.74) is -1.93. The zero-order valence-electron chi connectivity index (χ0n) is 18.9. The Morgan fingerprint density at radius 2 is 1.56 bits per heavy atom. The fourth-order valence-corrected chi connectivity index (χ4v) is 5.01. The number of hydrogen-bond donors (Lipinski definition) is 0. The van der Waals surface area contributed by atoms with Gasteiger partial charge in [-0.1, -0.05) is 30.3 Å². The van der Waals surface area contributed by atoms with E-state index in [2.05, 4.69) is 4.90 Å². The van der Waals surface area contributed by atoms with Crippen LogP contribution in [0, 0.1) is 5.92 Å². The van der Waals surface area contributed by atoms with Crippen molar-refractivity contribution < 1.29 is 35.8 Å². The van der Waals surface area contributed by atoms with Crippen molar-refractivity contribution in [3.63, 3.8) is 0 Å². The van der Waals surface area contributed by atoms with Gasteiger partial charge < -0.3 is 14.4 Å². The molecule has 0 aliphatic carbocycles. The highest BCUT2D eigenvalue weighted by Gasteiger charge is 2.45. The van der Waals surface area contributed by atoms with E-state index >= 15 is 0 Å². The number of rotatable bonds is 5. The number of ether oxygens (including phenoxy) is 2. The van der Waals surface area contributed by atoms with E-state index in [1.807, 2.05) is 37.4 Å². The quantitative estimate of drug-likeness (QED) is 0.441. The molecule has 1 unspecified atom stereocenters. The smallest absolute Gasteiger partial charge is 0.352 e. The molecule has 2 heterocycles. The molecule has 0 bridgehead atoms. The van der Waals surface area contributed by atoms with Crippen molar-refractivity contribution in [2.24, 2.45) is 5.92 Å². The van der Waals surface area contributed by atoms with Crippen molar-refractivity contribution in [1.82, 2.24) is 4.90 Å². The maximum absolute atomic E-state index is 13.3. The second kappa shape index (κ2) is 9.51. The van der Waals surface area contributed by atoms with Crippen LogP contribution in [0.4, 0.5) is 26.3 Å². The summed E-state index contributed by atoms with van der Waals surface area (Å²) in [6.45, 7) is 2.85. The second-order valence-electron chi connectivity index (χ2n) is 9.08. The summed E-state index contributed by atoms with van der Waals surface area (Å²) < 4.78 is 92.0. The largest absolute Gasteiger partial charge is 0.416 e. The zero-order chi connectivity index (χ0) is 24.7. The van der Waals surface area contributed by atoms with E-state index in [0.29, 0.717) is 12.6 Å². The Bertz CT molecular complexity index is 945. The van der Waals surface area contributed by atoms with Gasteiger partial charge in [0.2, 0.25) is 0 Å². The molecule has 0 amide bonds. The molecule has 0 aromatic heterocycles. The second-order valence-corrected chi connectivity index (χ2v) is 9.08. The normalized spacial score (nSPS) is 27.3. The SMILES string of the molecule is C[C@@H](O[C@H]1OCCC([C@H]2CCN2C)[C@H]1c1ccccc1)c1cc(C(F)(F)F)cc(C(F)(F)F)c1. The molecule has 2 saturated heterocycles. The first-order chi connectivity index (χ1) is 15.9. The number of halogens is 6. The fraction of sp³-hybridized carbons (Fsp3) is 0.520. The maximum Gasteiger partial charge on any atom is 0.416 e. The summed E-state index contributed by atoms with van der Waals surface area (Å²) in [7, 11) is 2.05. The molecule has 2 fully saturated rings. The molecule has 0 radical (unpaired) electrons. The lowest BCUT2D eigenvalue weighted by molar-refractivity contribution is -0.217. The van der Waals surface area contributed by atoms with Gasteiger partial charge in [-0.05, 0) is 68.6 Å². The lowest BCUT2D eigenvalue weighted by atomic mass is 9.74. The van der Waals surface area contributed by atoms with Gasteiger partial charge in [-0.2, -0.15) is 26.3 Å². The van der Waals surface area contributed by atoms with Crippen molar-refractivity contribution in [2.45, 2.75) is 56.5 Å². The van der Waals surface area contributed by atoms with Gasteiger partial charge in [0.15, 0.2) is 6.29 Å². The molecule has 186 valence electrons. The molecule has 2 aromatic rings. The van der Waals surface area contributed by atoms with E-state index in [1.54, 1.807) is 0 Å². The molecule has 4 rings (SSSR count). The predicted molar refractivity (Wildman–Crippen MR) is 114 cm³/mol. The predicted octanol–water partition coefficient (Wildman–Crippen LogP) is 6.65. The lowest BCUT2D eigenvalue weighted by Crippen LogP contribution is -2.54. The van der Waals surface area contributed by atoms with Crippen molar-refractivity contribution in [1.29, 1.82) is 0 Å². The van der Waals surface area contributed by atoms with E-state index in [1.165, 1.54) is 6.92 Å². The Hall–Kier alpha value is -2.10. The third-order valence-electron chi connectivity index (χ3n) is 6.93. The van der Waals surface area contributed by atoms with Gasteiger partial charge in [0, 0.05) is 12.0 Å². The van der Waals surface area contributed by atoms with E-state index in [-0.39, 0.29) is 23.5 Å². The maximum atomic E-state index is 13.3. The van der Waals surface area contributed by atoms with Crippen LogP contribution in [0.3, 0.4) is 0 Å². The minimum Gasteiger partial charge on any atom is -0.352 e. The minimum absolute atomic E-state index is 0.128. The summed E-state index contributed by atoms with van der Waals surface area (Å²) in [4.78, 5) is 2.26. The van der Waals surface area contributed by atoms with Gasteiger partial charge in [0.1, 0.15) is 0 Å². The third-order valence-corrected chi connectivity index (χ3v) is 6.93. The highest BCUT2D eigenvalue weighted by molar-refractivity contribution is 5.35. The Morgan fingerprint density at radius 3 is 2.06 bits per heavy atom. The zero-order valence-corrected chi connectivity index (χ0v) is 18.9. The van der Waals surface area contributed by atoms with Crippen LogP contribution in [0.1, 0.15) is 54.0 Å². The summed E-state index contributed by atoms with van der Waals surface area (Å²) >= 11 is 0. The summed E-state index contributed by atoms with van der Waals surface area (Å²) in [5.74, 6) is -0.00243. The first-order valence-electron chi connectivity index (χ1n) is 11.3. The molecular weight excluding hydrogens is 460 g/mol. The summed E-state index contributed by atoms with van der Waals surface area (Å²) in [6, 6.07) is 11.5. The topological polar surface area (TPSA) is 21.7 Å². The van der Waals surface area contributed by atoms with Crippen LogP contribution in [0.2, 0.25) is 0 Å². The third kappa shape index (κ3) is 5.26. The van der Waals surface area contributed by atoms with Gasteiger partial charge in [0.05, 0.1) is 23.8 Å². The monoisotopic (exact) mass is 487 g/mol. The Labute approximate surface area is 194 Å². The van der Waals surface area contributed by atoms with E-state index in [9.17, 15) is 26.3 Å². The van der Waals surface area contributed by atoms with Gasteiger partial charge in [-0.25, -0.2) is 0 Å². The average molecular weight is 487 g/mol. The Morgan fingerprint density at radius 1 is 0.941 bits per heavy atom. The Kier molecular flexibility index (Phi) is 6.99. The number of nitrogens with zero attached hydrogens (tertiary/aromatic N) is 1. The van der Waals surface area contributed by atoms with Crippen LogP contribution in [0.15, 0.2) is 48.5 Å². The average Bonchev–Trinajstić information content (AvgIpc) is 2.77. The fourth-order valence-electron chi connectivity index (χ4n) is 5.01. The molecule has 3 nitrogen and oxygen atoms in total. The molecule has 5 atom stereocenters. The van der Waals surface area contributed by atoms with Gasteiger partial charge in [0.25, 0.3) is 0 Å². The number of hydrogen-bond acceptors (Lipinski definition) is 3. The summed E-state index contributed by atoms with van der Waals surface area (Å²) in [6.07, 6.45) is -9.85. The molecule has 34 heavy (non-hydrogen) atoms. The molecule has 2 aromatic carbocycles. The van der Waals surface area contributed by atoms with Crippen LogP contribution in [0.5, 0.6) is 0 Å². The van der Waals surface area contributed by atoms with Gasteiger partial charge >= 0.3 is 12.4 Å². The van der Waals surface area contributed by atoms with Crippen LogP contribution < -0.4 is 0 Å². The van der Waals surface area contributed by atoms with Crippen LogP contribution in [-0.4, -0.2) is 37.4 Å². The van der Waals surface area contributed by atoms with E-state index < -0.39 is 35.9 Å². The first kappa shape index (κ1) is 25.0. The molecular formula is C25H27F6NO2. The molecule has 0 N–H and O–H groups in total. The number of likely N-dealkylation sites (tertiary alicyclic amines) is 1.